The van der Waals surface area contributed by atoms with E-state index in [0.29, 0.717) is 28.8 Å². The van der Waals surface area contributed by atoms with Gasteiger partial charge in [0.05, 0.1) is 11.1 Å². The van der Waals surface area contributed by atoms with Crippen LogP contribution < -0.4 is 10.0 Å². The predicted molar refractivity (Wildman–Crippen MR) is 123 cm³/mol. The van der Waals surface area contributed by atoms with Gasteiger partial charge >= 0.3 is 0 Å². The van der Waals surface area contributed by atoms with Gasteiger partial charge in [-0.05, 0) is 54.6 Å². The van der Waals surface area contributed by atoms with Crippen LogP contribution in [0.2, 0.25) is 5.02 Å². The molecule has 1 amide bonds. The maximum absolute atomic E-state index is 12.4. The Balaban J connectivity index is 1.31. The lowest BCUT2D eigenvalue weighted by Gasteiger charge is -2.08. The Morgan fingerprint density at radius 2 is 1.67 bits per heavy atom. The minimum atomic E-state index is -3.84. The van der Waals surface area contributed by atoms with Gasteiger partial charge in [0.1, 0.15) is 0 Å². The Hall–Kier alpha value is -3.76. The molecule has 2 N–H and O–H groups in total. The lowest BCUT2D eigenvalue weighted by molar-refractivity contribution is -0.116. The van der Waals surface area contributed by atoms with Crippen LogP contribution in [0.3, 0.4) is 0 Å². The van der Waals surface area contributed by atoms with Gasteiger partial charge in [-0.3, -0.25) is 4.79 Å². The summed E-state index contributed by atoms with van der Waals surface area (Å²) >= 11 is 5.89. The topological polar surface area (TPSA) is 127 Å². The number of hydrogen-bond donors (Lipinski definition) is 2. The zero-order chi connectivity index (χ0) is 23.3. The van der Waals surface area contributed by atoms with Crippen molar-refractivity contribution in [1.82, 2.24) is 15.0 Å². The molecule has 0 aliphatic rings. The molecule has 2 heterocycles. The molecule has 2 aromatic carbocycles. The van der Waals surface area contributed by atoms with E-state index in [-0.39, 0.29) is 23.2 Å². The van der Waals surface area contributed by atoms with Crippen LogP contribution in [0.4, 0.5) is 11.6 Å². The van der Waals surface area contributed by atoms with E-state index in [0.717, 1.165) is 5.56 Å². The molecule has 168 valence electrons. The predicted octanol–water partition coefficient (Wildman–Crippen LogP) is 4.16. The molecule has 0 atom stereocenters. The first kappa shape index (κ1) is 22.4. The number of halogens is 1. The minimum Gasteiger partial charge on any atom is -0.441 e. The van der Waals surface area contributed by atoms with E-state index < -0.39 is 10.0 Å². The fraction of sp³-hybridized carbons (Fsp3) is 0.0909. The number of nitrogens with one attached hydrogen (secondary N) is 2. The number of rotatable bonds is 8. The minimum absolute atomic E-state index is 0.0162. The van der Waals surface area contributed by atoms with Crippen molar-refractivity contribution in [2.45, 2.75) is 17.7 Å². The molecule has 0 fully saturated rings. The van der Waals surface area contributed by atoms with E-state index in [1.54, 1.807) is 24.4 Å². The zero-order valence-electron chi connectivity index (χ0n) is 17.1. The molecule has 0 spiro atoms. The largest absolute Gasteiger partial charge is 0.441 e. The molecule has 0 radical (unpaired) electrons. The van der Waals surface area contributed by atoms with E-state index >= 15 is 0 Å². The molecular formula is C22H18ClN5O4S. The third-order valence-corrected chi connectivity index (χ3v) is 6.08. The highest BCUT2D eigenvalue weighted by molar-refractivity contribution is 7.92. The fourth-order valence-corrected chi connectivity index (χ4v) is 3.95. The van der Waals surface area contributed by atoms with Crippen molar-refractivity contribution in [3.63, 3.8) is 0 Å². The molecule has 2 aromatic heterocycles. The van der Waals surface area contributed by atoms with Gasteiger partial charge in [-0.25, -0.2) is 28.1 Å². The summed E-state index contributed by atoms with van der Waals surface area (Å²) in [5.41, 5.74) is 1.30. The summed E-state index contributed by atoms with van der Waals surface area (Å²) in [6.45, 7) is 0. The van der Waals surface area contributed by atoms with E-state index in [4.69, 9.17) is 16.0 Å². The SMILES string of the molecule is O=C(CCc1ncc(-c2ccc(Cl)cc2)o1)Nc1ccc(S(=O)(=O)Nc2ncccn2)cc1. The summed E-state index contributed by atoms with van der Waals surface area (Å²) in [7, 11) is -3.84. The number of anilines is 2. The average molecular weight is 484 g/mol. The molecule has 0 bridgehead atoms. The van der Waals surface area contributed by atoms with Crippen LogP contribution in [0, 0.1) is 0 Å². The van der Waals surface area contributed by atoms with Crippen LogP contribution in [0.5, 0.6) is 0 Å². The number of carbonyl (C=O) groups is 1. The molecule has 33 heavy (non-hydrogen) atoms. The van der Waals surface area contributed by atoms with Gasteiger partial charge < -0.3 is 9.73 Å². The maximum atomic E-state index is 12.4. The summed E-state index contributed by atoms with van der Waals surface area (Å²) < 4.78 is 32.8. The Bertz CT molecular complexity index is 1340. The summed E-state index contributed by atoms with van der Waals surface area (Å²) in [5.74, 6) is 0.743. The summed E-state index contributed by atoms with van der Waals surface area (Å²) in [5, 5.41) is 3.35. The third kappa shape index (κ3) is 5.93. The quantitative estimate of drug-likeness (QED) is 0.385. The summed E-state index contributed by atoms with van der Waals surface area (Å²) in [6.07, 6.45) is 4.92. The number of amides is 1. The Kier molecular flexibility index (Phi) is 6.66. The Morgan fingerprint density at radius 1 is 0.970 bits per heavy atom. The van der Waals surface area contributed by atoms with Crippen molar-refractivity contribution < 1.29 is 17.6 Å². The first-order chi connectivity index (χ1) is 15.9. The van der Waals surface area contributed by atoms with Crippen molar-refractivity contribution in [2.24, 2.45) is 0 Å². The highest BCUT2D eigenvalue weighted by Gasteiger charge is 2.16. The number of aromatic nitrogens is 3. The number of benzene rings is 2. The number of oxazole rings is 1. The van der Waals surface area contributed by atoms with Crippen LogP contribution in [-0.4, -0.2) is 29.3 Å². The Morgan fingerprint density at radius 3 is 2.36 bits per heavy atom. The summed E-state index contributed by atoms with van der Waals surface area (Å²) in [6, 6.07) is 14.5. The van der Waals surface area contributed by atoms with Gasteiger partial charge in [0, 0.05) is 41.5 Å². The second kappa shape index (κ2) is 9.80. The molecule has 0 saturated heterocycles. The Labute approximate surface area is 194 Å². The third-order valence-electron chi connectivity index (χ3n) is 4.49. The molecular weight excluding hydrogens is 466 g/mol. The van der Waals surface area contributed by atoms with Gasteiger partial charge in [0.25, 0.3) is 10.0 Å². The van der Waals surface area contributed by atoms with Gasteiger partial charge in [0.2, 0.25) is 11.9 Å². The number of nitrogens with zero attached hydrogens (tertiary/aromatic N) is 3. The van der Waals surface area contributed by atoms with Crippen molar-refractivity contribution in [1.29, 1.82) is 0 Å². The van der Waals surface area contributed by atoms with Crippen molar-refractivity contribution in [3.8, 4) is 11.3 Å². The fourth-order valence-electron chi connectivity index (χ4n) is 2.87. The highest BCUT2D eigenvalue weighted by Crippen LogP contribution is 2.23. The van der Waals surface area contributed by atoms with Gasteiger partial charge in [-0.2, -0.15) is 0 Å². The smallest absolute Gasteiger partial charge is 0.264 e. The van der Waals surface area contributed by atoms with E-state index in [2.05, 4.69) is 25.0 Å². The molecule has 9 nitrogen and oxygen atoms in total. The number of hydrogen-bond acceptors (Lipinski definition) is 7. The molecule has 0 saturated carbocycles. The molecule has 0 unspecified atom stereocenters. The standard InChI is InChI=1S/C22H18ClN5O4S/c23-16-4-2-15(3-5-16)19-14-26-21(32-19)11-10-20(29)27-17-6-8-18(9-7-17)33(30,31)28-22-24-12-1-13-25-22/h1-9,12-14H,10-11H2,(H,27,29)(H,24,25,28). The first-order valence-corrected chi connectivity index (χ1v) is 11.7. The lowest BCUT2D eigenvalue weighted by Crippen LogP contribution is -2.15. The van der Waals surface area contributed by atoms with Gasteiger partial charge in [-0.15, -0.1) is 0 Å². The number of aryl methyl sites for hydroxylation is 1. The zero-order valence-corrected chi connectivity index (χ0v) is 18.7. The van der Waals surface area contributed by atoms with Crippen molar-refractivity contribution >= 4 is 39.2 Å². The molecule has 11 heteroatoms. The van der Waals surface area contributed by atoms with Crippen LogP contribution in [0.15, 0.2) is 82.5 Å². The van der Waals surface area contributed by atoms with Gasteiger partial charge in [0.15, 0.2) is 11.7 Å². The number of sulfonamides is 1. The molecule has 0 aliphatic heterocycles. The van der Waals surface area contributed by atoms with E-state index in [1.165, 1.54) is 36.7 Å². The maximum Gasteiger partial charge on any atom is 0.264 e. The second-order valence-electron chi connectivity index (χ2n) is 6.88. The van der Waals surface area contributed by atoms with Crippen molar-refractivity contribution in [3.05, 3.63) is 84.1 Å². The van der Waals surface area contributed by atoms with E-state index in [9.17, 15) is 13.2 Å². The molecule has 4 rings (SSSR count). The second-order valence-corrected chi connectivity index (χ2v) is 8.99. The van der Waals surface area contributed by atoms with Crippen LogP contribution in [0.25, 0.3) is 11.3 Å². The average Bonchev–Trinajstić information content (AvgIpc) is 3.28. The summed E-state index contributed by atoms with van der Waals surface area (Å²) in [4.78, 5) is 24.2. The van der Waals surface area contributed by atoms with Crippen LogP contribution in [0.1, 0.15) is 12.3 Å². The molecule has 0 aliphatic carbocycles. The van der Waals surface area contributed by atoms with Crippen molar-refractivity contribution in [2.75, 3.05) is 10.0 Å². The first-order valence-electron chi connectivity index (χ1n) is 9.79. The monoisotopic (exact) mass is 483 g/mol. The number of carbonyl (C=O) groups excluding carboxylic acids is 1. The van der Waals surface area contributed by atoms with Crippen LogP contribution >= 0.6 is 11.6 Å². The molecule has 4 aromatic rings. The lowest BCUT2D eigenvalue weighted by atomic mass is 10.2. The van der Waals surface area contributed by atoms with E-state index in [1.807, 2.05) is 12.1 Å². The highest BCUT2D eigenvalue weighted by atomic mass is 35.5. The normalized spacial score (nSPS) is 11.2. The van der Waals surface area contributed by atoms with Gasteiger partial charge in [-0.1, -0.05) is 11.6 Å². The van der Waals surface area contributed by atoms with Crippen LogP contribution in [-0.2, 0) is 21.2 Å².